The summed E-state index contributed by atoms with van der Waals surface area (Å²) in [5, 5.41) is 0. The van der Waals surface area contributed by atoms with Crippen LogP contribution in [-0.4, -0.2) is 33.8 Å². The van der Waals surface area contributed by atoms with Gasteiger partial charge in [-0.2, -0.15) is 0 Å². The van der Waals surface area contributed by atoms with Crippen molar-refractivity contribution in [3.8, 4) is 0 Å². The van der Waals surface area contributed by atoms with Crippen molar-refractivity contribution < 1.29 is 17.9 Å². The molecule has 1 N–H and O–H groups in total. The molecule has 2 saturated carbocycles. The van der Waals surface area contributed by atoms with Crippen molar-refractivity contribution in [3.63, 3.8) is 0 Å². The molecule has 0 radical (unpaired) electrons. The van der Waals surface area contributed by atoms with E-state index >= 15 is 0 Å². The number of methoxy groups -OCH3 is 1. The summed E-state index contributed by atoms with van der Waals surface area (Å²) in [5.74, 6) is 1.67. The summed E-state index contributed by atoms with van der Waals surface area (Å²) in [6.07, 6.45) is 5.50. The molecular weight excluding hydrogens is 266 g/mol. The molecule has 0 aliphatic heterocycles. The summed E-state index contributed by atoms with van der Waals surface area (Å²) in [4.78, 5) is 10.9. The Labute approximate surface area is 115 Å². The van der Waals surface area contributed by atoms with E-state index in [1.165, 1.54) is 32.8 Å². The number of rotatable bonds is 9. The van der Waals surface area contributed by atoms with Crippen LogP contribution in [0.2, 0.25) is 0 Å². The molecule has 0 atom stereocenters. The molecule has 0 aromatic rings. The van der Waals surface area contributed by atoms with Crippen LogP contribution in [-0.2, 0) is 19.6 Å². The number of carbonyl (C=O) groups is 1. The van der Waals surface area contributed by atoms with Gasteiger partial charge in [-0.3, -0.25) is 4.79 Å². The fourth-order valence-corrected chi connectivity index (χ4v) is 3.69. The third kappa shape index (κ3) is 5.10. The van der Waals surface area contributed by atoms with E-state index in [-0.39, 0.29) is 18.1 Å². The Morgan fingerprint density at radius 3 is 2.32 bits per heavy atom. The van der Waals surface area contributed by atoms with Gasteiger partial charge in [-0.15, -0.1) is 0 Å². The highest BCUT2D eigenvalue weighted by molar-refractivity contribution is 7.89. The maximum atomic E-state index is 11.8. The zero-order chi connectivity index (χ0) is 13.9. The van der Waals surface area contributed by atoms with E-state index in [0.29, 0.717) is 18.9 Å². The van der Waals surface area contributed by atoms with Gasteiger partial charge in [0.15, 0.2) is 0 Å². The average Bonchev–Trinajstić information content (AvgIpc) is 3.21. The molecular formula is C13H23NO4S. The molecule has 0 aromatic heterocycles. The molecule has 0 heterocycles. The normalized spacial score (nSPS) is 19.7. The van der Waals surface area contributed by atoms with E-state index in [1.807, 2.05) is 0 Å². The van der Waals surface area contributed by atoms with Crippen molar-refractivity contribution in [1.82, 2.24) is 4.72 Å². The second kappa shape index (κ2) is 6.22. The Bertz CT molecular complexity index is 400. The van der Waals surface area contributed by atoms with Gasteiger partial charge in [0.25, 0.3) is 0 Å². The molecule has 0 amide bonds. The number of esters is 1. The standard InChI is InChI=1S/C13H23NO4S/c1-18-13(15)3-2-8-19(16,17)14-9-12(10-4-5-10)11-6-7-11/h10-12,14H,2-9H2,1H3. The first-order valence-corrected chi connectivity index (χ1v) is 8.71. The summed E-state index contributed by atoms with van der Waals surface area (Å²) < 4.78 is 30.9. The Morgan fingerprint density at radius 1 is 1.26 bits per heavy atom. The lowest BCUT2D eigenvalue weighted by atomic mass is 9.99. The van der Waals surface area contributed by atoms with Gasteiger partial charge < -0.3 is 4.74 Å². The number of carbonyl (C=O) groups excluding carboxylic acids is 1. The SMILES string of the molecule is COC(=O)CCCS(=O)(=O)NCC(C1CC1)C1CC1. The Hall–Kier alpha value is -0.620. The summed E-state index contributed by atoms with van der Waals surface area (Å²) in [7, 11) is -1.94. The van der Waals surface area contributed by atoms with E-state index in [4.69, 9.17) is 0 Å². The first-order chi connectivity index (χ1) is 9.02. The third-order valence-electron chi connectivity index (χ3n) is 4.02. The Morgan fingerprint density at radius 2 is 1.84 bits per heavy atom. The maximum absolute atomic E-state index is 11.8. The number of hydrogen-bond donors (Lipinski definition) is 1. The van der Waals surface area contributed by atoms with Gasteiger partial charge in [0.2, 0.25) is 10.0 Å². The van der Waals surface area contributed by atoms with Crippen LogP contribution in [0.5, 0.6) is 0 Å². The van der Waals surface area contributed by atoms with E-state index in [9.17, 15) is 13.2 Å². The molecule has 0 unspecified atom stereocenters. The van der Waals surface area contributed by atoms with Crippen molar-refractivity contribution in [1.29, 1.82) is 0 Å². The fourth-order valence-electron chi connectivity index (χ4n) is 2.57. The highest BCUT2D eigenvalue weighted by Gasteiger charge is 2.41. The molecule has 0 saturated heterocycles. The van der Waals surface area contributed by atoms with E-state index < -0.39 is 10.0 Å². The number of ether oxygens (including phenoxy) is 1. The molecule has 2 aliphatic rings. The Kier molecular flexibility index (Phi) is 4.84. The highest BCUT2D eigenvalue weighted by Crippen LogP contribution is 2.48. The second-order valence-electron chi connectivity index (χ2n) is 5.69. The average molecular weight is 289 g/mol. The van der Waals surface area contributed by atoms with Crippen LogP contribution >= 0.6 is 0 Å². The molecule has 0 spiro atoms. The molecule has 2 aliphatic carbocycles. The first-order valence-electron chi connectivity index (χ1n) is 7.06. The molecule has 19 heavy (non-hydrogen) atoms. The van der Waals surface area contributed by atoms with Crippen LogP contribution in [0.25, 0.3) is 0 Å². The van der Waals surface area contributed by atoms with Crippen LogP contribution in [0.15, 0.2) is 0 Å². The van der Waals surface area contributed by atoms with Crippen molar-refractivity contribution in [2.24, 2.45) is 17.8 Å². The van der Waals surface area contributed by atoms with Gasteiger partial charge in [0, 0.05) is 13.0 Å². The highest BCUT2D eigenvalue weighted by atomic mass is 32.2. The van der Waals surface area contributed by atoms with Gasteiger partial charge in [-0.25, -0.2) is 13.1 Å². The molecule has 6 heteroatoms. The van der Waals surface area contributed by atoms with Gasteiger partial charge in [0.05, 0.1) is 12.9 Å². The fraction of sp³-hybridized carbons (Fsp3) is 0.923. The molecule has 2 fully saturated rings. The number of hydrogen-bond acceptors (Lipinski definition) is 4. The van der Waals surface area contributed by atoms with E-state index in [0.717, 1.165) is 11.8 Å². The van der Waals surface area contributed by atoms with Crippen LogP contribution in [0.3, 0.4) is 0 Å². The summed E-state index contributed by atoms with van der Waals surface area (Å²) in [5.41, 5.74) is 0. The van der Waals surface area contributed by atoms with Crippen LogP contribution in [0, 0.1) is 17.8 Å². The quantitative estimate of drug-likeness (QED) is 0.649. The zero-order valence-corrected chi connectivity index (χ0v) is 12.2. The largest absolute Gasteiger partial charge is 0.469 e. The lowest BCUT2D eigenvalue weighted by Crippen LogP contribution is -2.33. The summed E-state index contributed by atoms with van der Waals surface area (Å²) in [6, 6.07) is 0. The molecule has 5 nitrogen and oxygen atoms in total. The van der Waals surface area contributed by atoms with Crippen LogP contribution in [0.4, 0.5) is 0 Å². The molecule has 110 valence electrons. The topological polar surface area (TPSA) is 72.5 Å². The number of sulfonamides is 1. The lowest BCUT2D eigenvalue weighted by Gasteiger charge is -2.16. The minimum Gasteiger partial charge on any atom is -0.469 e. The minimum atomic E-state index is -3.25. The van der Waals surface area contributed by atoms with E-state index in [1.54, 1.807) is 0 Å². The monoisotopic (exact) mass is 289 g/mol. The third-order valence-corrected chi connectivity index (χ3v) is 5.45. The zero-order valence-electron chi connectivity index (χ0n) is 11.4. The van der Waals surface area contributed by atoms with Crippen molar-refractivity contribution in [2.45, 2.75) is 38.5 Å². The van der Waals surface area contributed by atoms with Gasteiger partial charge >= 0.3 is 5.97 Å². The number of nitrogens with one attached hydrogen (secondary N) is 1. The van der Waals surface area contributed by atoms with Crippen molar-refractivity contribution >= 4 is 16.0 Å². The smallest absolute Gasteiger partial charge is 0.305 e. The van der Waals surface area contributed by atoms with Crippen LogP contribution < -0.4 is 4.72 Å². The predicted octanol–water partition coefficient (Wildman–Crippen LogP) is 1.30. The summed E-state index contributed by atoms with van der Waals surface area (Å²) in [6.45, 7) is 0.579. The molecule has 2 rings (SSSR count). The van der Waals surface area contributed by atoms with E-state index in [2.05, 4.69) is 9.46 Å². The lowest BCUT2D eigenvalue weighted by molar-refractivity contribution is -0.140. The van der Waals surface area contributed by atoms with Crippen molar-refractivity contribution in [3.05, 3.63) is 0 Å². The molecule has 0 bridgehead atoms. The maximum Gasteiger partial charge on any atom is 0.305 e. The predicted molar refractivity (Wildman–Crippen MR) is 72.0 cm³/mol. The summed E-state index contributed by atoms with van der Waals surface area (Å²) >= 11 is 0. The van der Waals surface area contributed by atoms with Crippen molar-refractivity contribution in [2.75, 3.05) is 19.4 Å². The molecule has 0 aromatic carbocycles. The Balaban J connectivity index is 1.69. The first kappa shape index (κ1) is 14.8. The van der Waals surface area contributed by atoms with Gasteiger partial charge in [0.1, 0.15) is 0 Å². The second-order valence-corrected chi connectivity index (χ2v) is 7.61. The van der Waals surface area contributed by atoms with Crippen LogP contribution in [0.1, 0.15) is 38.5 Å². The van der Waals surface area contributed by atoms with Gasteiger partial charge in [-0.05, 0) is 49.9 Å². The minimum absolute atomic E-state index is 0.00412. The van der Waals surface area contributed by atoms with Gasteiger partial charge in [-0.1, -0.05) is 0 Å².